The van der Waals surface area contributed by atoms with E-state index in [-0.39, 0.29) is 12.0 Å². The maximum Gasteiger partial charge on any atom is 0.123 e. The molecule has 5 rings (SSSR count). The van der Waals surface area contributed by atoms with Gasteiger partial charge in [-0.15, -0.1) is 11.3 Å². The molecular weight excluding hydrogens is 473 g/mol. The van der Waals surface area contributed by atoms with E-state index >= 15 is 0 Å². The Kier molecular flexibility index (Phi) is 8.31. The molecule has 4 aromatic rings. The Bertz CT molecular complexity index is 1310. The van der Waals surface area contributed by atoms with Crippen molar-refractivity contribution in [3.63, 3.8) is 0 Å². The molecule has 36 heavy (non-hydrogen) atoms. The van der Waals surface area contributed by atoms with Crippen LogP contribution in [0.4, 0.5) is 4.39 Å². The summed E-state index contributed by atoms with van der Waals surface area (Å²) in [6.07, 6.45) is 12.4. The van der Waals surface area contributed by atoms with Crippen molar-refractivity contribution in [2.75, 3.05) is 26.3 Å². The molecule has 0 amide bonds. The fourth-order valence-electron chi connectivity index (χ4n) is 4.84. The van der Waals surface area contributed by atoms with Gasteiger partial charge in [0.2, 0.25) is 0 Å². The van der Waals surface area contributed by atoms with Crippen LogP contribution >= 0.6 is 11.3 Å². The van der Waals surface area contributed by atoms with Crippen molar-refractivity contribution in [1.82, 2.24) is 14.9 Å². The molecule has 0 spiro atoms. The Morgan fingerprint density at radius 1 is 1.11 bits per heavy atom. The molecule has 0 saturated heterocycles. The topological polar surface area (TPSA) is 50.4 Å². The van der Waals surface area contributed by atoms with E-state index in [2.05, 4.69) is 33.1 Å². The number of halogens is 1. The average molecular weight is 508 g/mol. The van der Waals surface area contributed by atoms with E-state index in [1.54, 1.807) is 17.4 Å². The molecule has 2 aromatic carbocycles. The van der Waals surface area contributed by atoms with Gasteiger partial charge in [0.1, 0.15) is 17.8 Å². The lowest BCUT2D eigenvalue weighted by Gasteiger charge is -2.32. The first-order chi connectivity index (χ1) is 17.7. The smallest absolute Gasteiger partial charge is 0.123 e. The highest BCUT2D eigenvalue weighted by Crippen LogP contribution is 2.26. The minimum atomic E-state index is -0.188. The van der Waals surface area contributed by atoms with Crippen LogP contribution < -0.4 is 4.74 Å². The van der Waals surface area contributed by atoms with E-state index in [0.29, 0.717) is 6.61 Å². The lowest BCUT2D eigenvalue weighted by molar-refractivity contribution is -0.0625. The summed E-state index contributed by atoms with van der Waals surface area (Å²) in [7, 11) is 0. The molecular formula is C29H34FN3O2S. The summed E-state index contributed by atoms with van der Waals surface area (Å²) in [5.41, 5.74) is 3.17. The fourth-order valence-corrected chi connectivity index (χ4v) is 5.65. The van der Waals surface area contributed by atoms with Crippen molar-refractivity contribution < 1.29 is 13.9 Å². The highest BCUT2D eigenvalue weighted by atomic mass is 32.1. The van der Waals surface area contributed by atoms with Gasteiger partial charge in [0, 0.05) is 42.9 Å². The number of ether oxygens (including phenoxy) is 2. The number of nitrogens with one attached hydrogen (secondary N) is 1. The Hall–Kier alpha value is -2.74. The molecule has 5 nitrogen and oxygen atoms in total. The van der Waals surface area contributed by atoms with Crippen LogP contribution in [0.15, 0.2) is 54.7 Å². The van der Waals surface area contributed by atoms with Crippen molar-refractivity contribution in [2.24, 2.45) is 0 Å². The van der Waals surface area contributed by atoms with Gasteiger partial charge >= 0.3 is 0 Å². The Morgan fingerprint density at radius 2 is 2.03 bits per heavy atom. The Morgan fingerprint density at radius 3 is 2.92 bits per heavy atom. The molecule has 0 bridgehead atoms. The molecule has 0 fully saturated rings. The van der Waals surface area contributed by atoms with Crippen LogP contribution in [0, 0.1) is 12.7 Å². The van der Waals surface area contributed by atoms with Crippen LogP contribution in [0.1, 0.15) is 42.7 Å². The van der Waals surface area contributed by atoms with Crippen LogP contribution in [0.2, 0.25) is 0 Å². The predicted octanol–water partition coefficient (Wildman–Crippen LogP) is 7.01. The molecule has 190 valence electrons. The maximum absolute atomic E-state index is 13.7. The summed E-state index contributed by atoms with van der Waals surface area (Å²) in [5, 5.41) is 2.06. The summed E-state index contributed by atoms with van der Waals surface area (Å²) in [6, 6.07) is 11.1. The summed E-state index contributed by atoms with van der Waals surface area (Å²) in [6.45, 7) is 5.39. The molecule has 7 heteroatoms. The standard InChI is InChI=1S/C29H34FN3O2S/c1-21-32-27-19-24(11-13-28(27)36-21)34-16-5-6-17-35-29(33-14-3-2-4-15-33)9-7-8-22-20-31-26-12-10-23(30)18-25(22)26/h2-3,10-13,18-20,29,31H,4-9,14-17H2,1H3. The van der Waals surface area contributed by atoms with E-state index in [1.807, 2.05) is 31.3 Å². The van der Waals surface area contributed by atoms with Crippen LogP contribution in [0.3, 0.4) is 0 Å². The summed E-state index contributed by atoms with van der Waals surface area (Å²) in [4.78, 5) is 10.2. The first kappa shape index (κ1) is 24.9. The highest BCUT2D eigenvalue weighted by molar-refractivity contribution is 7.18. The monoisotopic (exact) mass is 507 g/mol. The van der Waals surface area contributed by atoms with E-state index in [1.165, 1.54) is 16.3 Å². The van der Waals surface area contributed by atoms with Crippen LogP contribution in [0.25, 0.3) is 21.1 Å². The zero-order valence-electron chi connectivity index (χ0n) is 20.8. The number of benzene rings is 2. The molecule has 1 atom stereocenters. The number of nitrogens with zero attached hydrogens (tertiary/aromatic N) is 2. The normalized spacial score (nSPS) is 15.2. The van der Waals surface area contributed by atoms with Gasteiger partial charge in [-0.25, -0.2) is 9.37 Å². The first-order valence-corrected chi connectivity index (χ1v) is 13.7. The van der Waals surface area contributed by atoms with Gasteiger partial charge in [0.15, 0.2) is 0 Å². The molecule has 1 unspecified atom stereocenters. The van der Waals surface area contributed by atoms with E-state index < -0.39 is 0 Å². The zero-order valence-corrected chi connectivity index (χ0v) is 21.7. The number of aromatic amines is 1. The largest absolute Gasteiger partial charge is 0.494 e. The number of unbranched alkanes of at least 4 members (excludes halogenated alkanes) is 1. The summed E-state index contributed by atoms with van der Waals surface area (Å²) in [5.74, 6) is 0.691. The lowest BCUT2D eigenvalue weighted by Crippen LogP contribution is -2.39. The number of hydrogen-bond donors (Lipinski definition) is 1. The van der Waals surface area contributed by atoms with Gasteiger partial charge < -0.3 is 14.5 Å². The quantitative estimate of drug-likeness (QED) is 0.165. The highest BCUT2D eigenvalue weighted by Gasteiger charge is 2.19. The van der Waals surface area contributed by atoms with Crippen LogP contribution in [0.5, 0.6) is 5.75 Å². The van der Waals surface area contributed by atoms with Gasteiger partial charge in [-0.2, -0.15) is 0 Å². The molecule has 0 saturated carbocycles. The van der Waals surface area contributed by atoms with Crippen molar-refractivity contribution >= 4 is 32.5 Å². The van der Waals surface area contributed by atoms with Gasteiger partial charge in [-0.05, 0) is 81.3 Å². The van der Waals surface area contributed by atoms with Gasteiger partial charge in [0.05, 0.1) is 21.8 Å². The zero-order chi connectivity index (χ0) is 24.7. The second kappa shape index (κ2) is 12.0. The van der Waals surface area contributed by atoms with E-state index in [4.69, 9.17) is 9.47 Å². The van der Waals surface area contributed by atoms with Crippen molar-refractivity contribution in [3.8, 4) is 5.75 Å². The number of hydrogen-bond acceptors (Lipinski definition) is 5. The summed E-state index contributed by atoms with van der Waals surface area (Å²) < 4.78 is 27.3. The SMILES string of the molecule is Cc1nc2cc(OCCCCOC(CCCc3c[nH]c4ccc(F)cc34)N3CC=CCC3)ccc2s1. The predicted molar refractivity (Wildman–Crippen MR) is 145 cm³/mol. The van der Waals surface area contributed by atoms with E-state index in [0.717, 1.165) is 85.4 Å². The first-order valence-electron chi connectivity index (χ1n) is 12.9. The minimum absolute atomic E-state index is 0.105. The second-order valence-corrected chi connectivity index (χ2v) is 10.6. The van der Waals surface area contributed by atoms with Crippen molar-refractivity contribution in [1.29, 1.82) is 0 Å². The molecule has 1 N–H and O–H groups in total. The number of aryl methyl sites for hydroxylation is 2. The molecule has 0 aliphatic carbocycles. The molecule has 2 aromatic heterocycles. The number of thiazole rings is 1. The van der Waals surface area contributed by atoms with Gasteiger partial charge in [-0.1, -0.05) is 12.2 Å². The maximum atomic E-state index is 13.7. The van der Waals surface area contributed by atoms with Crippen molar-refractivity contribution in [3.05, 3.63) is 71.1 Å². The number of rotatable bonds is 12. The molecule has 1 aliphatic heterocycles. The summed E-state index contributed by atoms with van der Waals surface area (Å²) >= 11 is 1.71. The second-order valence-electron chi connectivity index (χ2n) is 9.39. The molecule has 0 radical (unpaired) electrons. The van der Waals surface area contributed by atoms with Gasteiger partial charge in [-0.3, -0.25) is 4.90 Å². The third kappa shape index (κ3) is 6.33. The Balaban J connectivity index is 1.07. The van der Waals surface area contributed by atoms with Crippen LogP contribution in [-0.4, -0.2) is 47.4 Å². The lowest BCUT2D eigenvalue weighted by atomic mass is 10.1. The molecule has 3 heterocycles. The Labute approximate surface area is 215 Å². The number of aromatic nitrogens is 2. The van der Waals surface area contributed by atoms with E-state index in [9.17, 15) is 4.39 Å². The minimum Gasteiger partial charge on any atom is -0.494 e. The third-order valence-corrected chi connectivity index (χ3v) is 7.66. The number of fused-ring (bicyclic) bond motifs is 2. The van der Waals surface area contributed by atoms with Crippen molar-refractivity contribution in [2.45, 2.75) is 51.7 Å². The van der Waals surface area contributed by atoms with Crippen LogP contribution in [-0.2, 0) is 11.2 Å². The third-order valence-electron chi connectivity index (χ3n) is 6.71. The average Bonchev–Trinajstić information content (AvgIpc) is 3.47. The fraction of sp³-hybridized carbons (Fsp3) is 0.414. The number of H-pyrrole nitrogens is 1. The molecule has 1 aliphatic rings. The van der Waals surface area contributed by atoms with Gasteiger partial charge in [0.25, 0.3) is 0 Å².